The van der Waals surface area contributed by atoms with Crippen molar-refractivity contribution < 1.29 is 24.0 Å². The number of nitrogens with zero attached hydrogens (tertiary/aromatic N) is 3. The summed E-state index contributed by atoms with van der Waals surface area (Å²) in [5.74, 6) is -0.846. The van der Waals surface area contributed by atoms with Gasteiger partial charge in [0.25, 0.3) is 5.69 Å². The van der Waals surface area contributed by atoms with Gasteiger partial charge < -0.3 is 9.47 Å². The molecule has 10 heteroatoms. The van der Waals surface area contributed by atoms with Crippen LogP contribution in [0.2, 0.25) is 0 Å². The zero-order chi connectivity index (χ0) is 20.4. The summed E-state index contributed by atoms with van der Waals surface area (Å²) in [5.41, 5.74) is 0.921. The SMILES string of the molecule is COCCOC(=O)C1=C(C)N=C2S[C@@H](C)C(=O)N2[C@H]1c1cccc([N+](=O)[O-])c1. The van der Waals surface area contributed by atoms with Crippen LogP contribution in [0.4, 0.5) is 5.69 Å². The maximum absolute atomic E-state index is 12.8. The second kappa shape index (κ2) is 8.11. The molecule has 9 nitrogen and oxygen atoms in total. The van der Waals surface area contributed by atoms with E-state index in [9.17, 15) is 19.7 Å². The lowest BCUT2D eigenvalue weighted by Gasteiger charge is -2.32. The number of amidine groups is 1. The molecule has 0 bridgehead atoms. The minimum absolute atomic E-state index is 0.0451. The lowest BCUT2D eigenvalue weighted by Crippen LogP contribution is -2.40. The van der Waals surface area contributed by atoms with Gasteiger partial charge in [0.15, 0.2) is 5.17 Å². The molecule has 2 heterocycles. The number of amides is 1. The van der Waals surface area contributed by atoms with Gasteiger partial charge in [-0.1, -0.05) is 23.9 Å². The second-order valence-electron chi connectivity index (χ2n) is 6.25. The summed E-state index contributed by atoms with van der Waals surface area (Å²) in [6, 6.07) is 5.06. The number of ether oxygens (including phenoxy) is 2. The van der Waals surface area contributed by atoms with E-state index in [-0.39, 0.29) is 35.6 Å². The van der Waals surface area contributed by atoms with Crippen molar-refractivity contribution in [3.05, 3.63) is 51.2 Å². The van der Waals surface area contributed by atoms with E-state index < -0.39 is 16.9 Å². The molecule has 1 aromatic carbocycles. The van der Waals surface area contributed by atoms with Crippen LogP contribution >= 0.6 is 11.8 Å². The van der Waals surface area contributed by atoms with E-state index in [0.717, 1.165) is 0 Å². The van der Waals surface area contributed by atoms with E-state index in [1.165, 1.54) is 42.0 Å². The third-order valence-electron chi connectivity index (χ3n) is 4.40. The predicted octanol–water partition coefficient (Wildman–Crippen LogP) is 2.43. The summed E-state index contributed by atoms with van der Waals surface area (Å²) in [6.07, 6.45) is 0. The first kappa shape index (κ1) is 20.0. The van der Waals surface area contributed by atoms with Gasteiger partial charge in [0.05, 0.1) is 34.1 Å². The molecule has 2 atom stereocenters. The molecule has 0 N–H and O–H groups in total. The maximum Gasteiger partial charge on any atom is 0.338 e. The van der Waals surface area contributed by atoms with Gasteiger partial charge in [0.1, 0.15) is 6.61 Å². The number of esters is 1. The zero-order valence-corrected chi connectivity index (χ0v) is 16.4. The molecular formula is C18H19N3O6S. The van der Waals surface area contributed by atoms with Gasteiger partial charge in [-0.3, -0.25) is 19.8 Å². The number of hydrogen-bond acceptors (Lipinski definition) is 8. The molecule has 148 valence electrons. The smallest absolute Gasteiger partial charge is 0.338 e. The minimum Gasteiger partial charge on any atom is -0.460 e. The fourth-order valence-electron chi connectivity index (χ4n) is 3.08. The highest BCUT2D eigenvalue weighted by Gasteiger charge is 2.46. The predicted molar refractivity (Wildman–Crippen MR) is 103 cm³/mol. The number of allylic oxidation sites excluding steroid dienone is 1. The molecule has 0 radical (unpaired) electrons. The third-order valence-corrected chi connectivity index (χ3v) is 5.45. The Morgan fingerprint density at radius 1 is 1.39 bits per heavy atom. The molecule has 2 aliphatic heterocycles. The Balaban J connectivity index is 2.08. The van der Waals surface area contributed by atoms with E-state index in [1.807, 2.05) is 0 Å². The van der Waals surface area contributed by atoms with Crippen molar-refractivity contribution in [3.63, 3.8) is 0 Å². The molecule has 0 saturated carbocycles. The normalized spacial score (nSPS) is 21.5. The summed E-state index contributed by atoms with van der Waals surface area (Å²) >= 11 is 1.29. The van der Waals surface area contributed by atoms with Crippen LogP contribution in [0.25, 0.3) is 0 Å². The summed E-state index contributed by atoms with van der Waals surface area (Å²) in [5, 5.41) is 11.3. The standard InChI is InChI=1S/C18H19N3O6S/c1-10-14(17(23)27-8-7-26-3)15(12-5-4-6-13(9-12)21(24)25)20-16(22)11(2)28-18(20)19-10/h4-6,9,11,15H,7-8H2,1-3H3/t11-,15-/m0/s1. The largest absolute Gasteiger partial charge is 0.460 e. The number of nitro benzene ring substituents is 1. The van der Waals surface area contributed by atoms with E-state index in [1.54, 1.807) is 19.9 Å². The highest BCUT2D eigenvalue weighted by molar-refractivity contribution is 8.15. The number of methoxy groups -OCH3 is 1. The summed E-state index contributed by atoms with van der Waals surface area (Å²) < 4.78 is 10.2. The van der Waals surface area contributed by atoms with E-state index >= 15 is 0 Å². The molecular weight excluding hydrogens is 386 g/mol. The van der Waals surface area contributed by atoms with Crippen molar-refractivity contribution in [2.45, 2.75) is 25.1 Å². The number of thioether (sulfide) groups is 1. The van der Waals surface area contributed by atoms with Crippen molar-refractivity contribution in [2.75, 3.05) is 20.3 Å². The van der Waals surface area contributed by atoms with Crippen molar-refractivity contribution in [2.24, 2.45) is 4.99 Å². The van der Waals surface area contributed by atoms with Crippen LogP contribution in [-0.2, 0) is 19.1 Å². The van der Waals surface area contributed by atoms with Gasteiger partial charge in [-0.25, -0.2) is 9.79 Å². The molecule has 1 fully saturated rings. The first-order valence-corrected chi connectivity index (χ1v) is 9.42. The van der Waals surface area contributed by atoms with Crippen molar-refractivity contribution in [1.82, 2.24) is 4.90 Å². The van der Waals surface area contributed by atoms with E-state index in [4.69, 9.17) is 9.47 Å². The Kier molecular flexibility index (Phi) is 5.80. The quantitative estimate of drug-likeness (QED) is 0.309. The zero-order valence-electron chi connectivity index (χ0n) is 15.6. The maximum atomic E-state index is 12.8. The lowest BCUT2D eigenvalue weighted by atomic mass is 9.94. The number of carbonyl (C=O) groups excluding carboxylic acids is 2. The monoisotopic (exact) mass is 405 g/mol. The topological polar surface area (TPSA) is 111 Å². The van der Waals surface area contributed by atoms with Crippen LogP contribution in [0.1, 0.15) is 25.5 Å². The molecule has 0 spiro atoms. The Bertz CT molecular complexity index is 897. The number of carbonyl (C=O) groups is 2. The average Bonchev–Trinajstić information content (AvgIpc) is 2.94. The molecule has 1 saturated heterocycles. The van der Waals surface area contributed by atoms with Crippen LogP contribution in [0.5, 0.6) is 0 Å². The Morgan fingerprint density at radius 2 is 2.14 bits per heavy atom. The van der Waals surface area contributed by atoms with Gasteiger partial charge in [-0.05, 0) is 19.4 Å². The van der Waals surface area contributed by atoms with Gasteiger partial charge in [0.2, 0.25) is 5.91 Å². The van der Waals surface area contributed by atoms with Crippen LogP contribution in [0.3, 0.4) is 0 Å². The third kappa shape index (κ3) is 3.65. The molecule has 2 aliphatic rings. The highest BCUT2D eigenvalue weighted by Crippen LogP contribution is 2.43. The van der Waals surface area contributed by atoms with Gasteiger partial charge >= 0.3 is 5.97 Å². The van der Waals surface area contributed by atoms with Gasteiger partial charge in [-0.2, -0.15) is 0 Å². The van der Waals surface area contributed by atoms with Crippen LogP contribution in [0, 0.1) is 10.1 Å². The molecule has 3 rings (SSSR count). The number of aliphatic imine (C=N–C) groups is 1. The molecule has 0 aromatic heterocycles. The average molecular weight is 405 g/mol. The number of benzene rings is 1. The Labute approximate surface area is 165 Å². The Hall–Kier alpha value is -2.72. The van der Waals surface area contributed by atoms with Crippen molar-refractivity contribution in [3.8, 4) is 0 Å². The molecule has 1 amide bonds. The van der Waals surface area contributed by atoms with Crippen LogP contribution in [0.15, 0.2) is 40.5 Å². The molecule has 0 unspecified atom stereocenters. The summed E-state index contributed by atoms with van der Waals surface area (Å²) in [7, 11) is 1.49. The van der Waals surface area contributed by atoms with E-state index in [2.05, 4.69) is 4.99 Å². The molecule has 0 aliphatic carbocycles. The molecule has 1 aromatic rings. The number of rotatable bonds is 6. The van der Waals surface area contributed by atoms with Gasteiger partial charge in [0, 0.05) is 19.2 Å². The minimum atomic E-state index is -0.840. The fourth-order valence-corrected chi connectivity index (χ4v) is 4.11. The summed E-state index contributed by atoms with van der Waals surface area (Å²) in [6.45, 7) is 3.69. The highest BCUT2D eigenvalue weighted by atomic mass is 32.2. The number of non-ortho nitro benzene ring substituents is 1. The number of fused-ring (bicyclic) bond motifs is 1. The first-order chi connectivity index (χ1) is 13.3. The fraction of sp³-hybridized carbons (Fsp3) is 0.389. The molecule has 28 heavy (non-hydrogen) atoms. The first-order valence-electron chi connectivity index (χ1n) is 8.54. The number of hydrogen-bond donors (Lipinski definition) is 0. The van der Waals surface area contributed by atoms with Gasteiger partial charge in [-0.15, -0.1) is 0 Å². The van der Waals surface area contributed by atoms with Crippen LogP contribution < -0.4 is 0 Å². The van der Waals surface area contributed by atoms with Crippen molar-refractivity contribution in [1.29, 1.82) is 0 Å². The second-order valence-corrected chi connectivity index (χ2v) is 7.55. The van der Waals surface area contributed by atoms with E-state index in [0.29, 0.717) is 16.4 Å². The van der Waals surface area contributed by atoms with Crippen LogP contribution in [-0.4, -0.2) is 52.4 Å². The van der Waals surface area contributed by atoms with Crippen molar-refractivity contribution >= 4 is 34.5 Å². The Morgan fingerprint density at radius 3 is 2.82 bits per heavy atom. The number of nitro groups is 1. The summed E-state index contributed by atoms with van der Waals surface area (Å²) in [4.78, 5) is 42.1. The lowest BCUT2D eigenvalue weighted by molar-refractivity contribution is -0.384.